The van der Waals surface area contributed by atoms with E-state index in [1.165, 1.54) is 16.0 Å². The third-order valence-corrected chi connectivity index (χ3v) is 4.52. The molecule has 1 aromatic carbocycles. The zero-order chi connectivity index (χ0) is 15.6. The van der Waals surface area contributed by atoms with E-state index in [2.05, 4.69) is 69.9 Å². The van der Waals surface area contributed by atoms with Crippen molar-refractivity contribution in [2.24, 2.45) is 0 Å². The number of hydrogen-bond donors (Lipinski definition) is 0. The van der Waals surface area contributed by atoms with E-state index in [1.54, 1.807) is 11.8 Å². The molecule has 0 fully saturated rings. The molecule has 0 aliphatic carbocycles. The van der Waals surface area contributed by atoms with Crippen molar-refractivity contribution in [1.29, 1.82) is 0 Å². The number of hydrogen-bond acceptors (Lipinski definition) is 4. The quantitative estimate of drug-likeness (QED) is 0.737. The van der Waals surface area contributed by atoms with Crippen molar-refractivity contribution in [3.05, 3.63) is 41.1 Å². The second kappa shape index (κ2) is 6.22. The fraction of sp³-hybridized carbons (Fsp3) is 0.529. The van der Waals surface area contributed by atoms with Crippen LogP contribution in [0.15, 0.2) is 27.5 Å². The maximum absolute atomic E-state index is 5.66. The van der Waals surface area contributed by atoms with Crippen molar-refractivity contribution in [1.82, 2.24) is 10.2 Å². The van der Waals surface area contributed by atoms with Gasteiger partial charge in [-0.2, -0.15) is 0 Å². The van der Waals surface area contributed by atoms with Gasteiger partial charge < -0.3 is 4.42 Å². The number of aryl methyl sites for hydroxylation is 1. The molecule has 1 aromatic heterocycles. The summed E-state index contributed by atoms with van der Waals surface area (Å²) in [5.41, 5.74) is 2.80. The Hall–Kier alpha value is -1.29. The summed E-state index contributed by atoms with van der Waals surface area (Å²) in [6.07, 6.45) is 0. The van der Waals surface area contributed by atoms with Gasteiger partial charge in [0.1, 0.15) is 0 Å². The van der Waals surface area contributed by atoms with E-state index in [-0.39, 0.29) is 11.3 Å². The average molecular weight is 304 g/mol. The molecule has 1 heterocycles. The molecule has 21 heavy (non-hydrogen) atoms. The molecule has 0 amide bonds. The Morgan fingerprint density at radius 2 is 1.90 bits per heavy atom. The summed E-state index contributed by atoms with van der Waals surface area (Å²) >= 11 is 1.76. The van der Waals surface area contributed by atoms with Gasteiger partial charge in [0.25, 0.3) is 0 Å². The number of nitrogens with zero attached hydrogens (tertiary/aromatic N) is 2. The molecule has 114 valence electrons. The van der Waals surface area contributed by atoms with Crippen molar-refractivity contribution in [3.8, 4) is 0 Å². The van der Waals surface area contributed by atoms with E-state index in [9.17, 15) is 0 Å². The standard InChI is InChI=1S/C17H24N2OS/c1-11(2)16-19-18-15(20-16)10-21-14-9-13(17(4,5)6)8-7-12(14)3/h7-9,11H,10H2,1-6H3. The van der Waals surface area contributed by atoms with Crippen LogP contribution in [0.4, 0.5) is 0 Å². The Kier molecular flexibility index (Phi) is 4.77. The van der Waals surface area contributed by atoms with Crippen molar-refractivity contribution in [2.45, 2.75) is 63.5 Å². The van der Waals surface area contributed by atoms with Crippen LogP contribution >= 0.6 is 11.8 Å². The van der Waals surface area contributed by atoms with Crippen LogP contribution in [0.25, 0.3) is 0 Å². The van der Waals surface area contributed by atoms with E-state index in [4.69, 9.17) is 4.42 Å². The summed E-state index contributed by atoms with van der Waals surface area (Å²) in [5.74, 6) is 2.41. The van der Waals surface area contributed by atoms with Crippen molar-refractivity contribution < 1.29 is 4.42 Å². The van der Waals surface area contributed by atoms with Crippen LogP contribution < -0.4 is 0 Å². The first-order valence-electron chi connectivity index (χ1n) is 7.33. The number of aromatic nitrogens is 2. The molecule has 0 bridgehead atoms. The Balaban J connectivity index is 2.12. The largest absolute Gasteiger partial charge is 0.424 e. The maximum Gasteiger partial charge on any atom is 0.226 e. The highest BCUT2D eigenvalue weighted by Gasteiger charge is 2.15. The van der Waals surface area contributed by atoms with Crippen molar-refractivity contribution in [2.75, 3.05) is 0 Å². The van der Waals surface area contributed by atoms with Gasteiger partial charge in [0.15, 0.2) is 0 Å². The van der Waals surface area contributed by atoms with Crippen molar-refractivity contribution >= 4 is 11.8 Å². The highest BCUT2D eigenvalue weighted by molar-refractivity contribution is 7.98. The minimum absolute atomic E-state index is 0.165. The van der Waals surface area contributed by atoms with Gasteiger partial charge in [-0.15, -0.1) is 22.0 Å². The number of rotatable bonds is 4. The van der Waals surface area contributed by atoms with Gasteiger partial charge in [0.05, 0.1) is 5.75 Å². The summed E-state index contributed by atoms with van der Waals surface area (Å²) in [6.45, 7) is 13.0. The van der Waals surface area contributed by atoms with Gasteiger partial charge in [-0.1, -0.05) is 46.8 Å². The fourth-order valence-corrected chi connectivity index (χ4v) is 2.82. The van der Waals surface area contributed by atoms with Gasteiger partial charge in [-0.05, 0) is 29.5 Å². The molecule has 3 nitrogen and oxygen atoms in total. The predicted molar refractivity (Wildman–Crippen MR) is 87.8 cm³/mol. The molecule has 0 spiro atoms. The molecule has 0 atom stereocenters. The number of benzene rings is 1. The smallest absolute Gasteiger partial charge is 0.226 e. The van der Waals surface area contributed by atoms with Gasteiger partial charge in [0, 0.05) is 10.8 Å². The molecule has 0 aliphatic rings. The van der Waals surface area contributed by atoms with Crippen LogP contribution in [0.3, 0.4) is 0 Å². The van der Waals surface area contributed by atoms with Crippen LogP contribution in [0.2, 0.25) is 0 Å². The van der Waals surface area contributed by atoms with E-state index in [0.29, 0.717) is 17.5 Å². The lowest BCUT2D eigenvalue weighted by atomic mass is 9.87. The van der Waals surface area contributed by atoms with Crippen LogP contribution in [0.1, 0.15) is 63.4 Å². The third kappa shape index (κ3) is 4.10. The Bertz CT molecular complexity index is 611. The zero-order valence-electron chi connectivity index (χ0n) is 13.7. The highest BCUT2D eigenvalue weighted by atomic mass is 32.2. The van der Waals surface area contributed by atoms with E-state index in [1.807, 2.05) is 0 Å². The first kappa shape index (κ1) is 16.1. The van der Waals surface area contributed by atoms with Crippen molar-refractivity contribution in [3.63, 3.8) is 0 Å². The SMILES string of the molecule is Cc1ccc(C(C)(C)C)cc1SCc1nnc(C(C)C)o1. The first-order valence-corrected chi connectivity index (χ1v) is 8.32. The molecular formula is C17H24N2OS. The molecule has 4 heteroatoms. The van der Waals surface area contributed by atoms with E-state index in [0.717, 1.165) is 0 Å². The molecule has 0 N–H and O–H groups in total. The van der Waals surface area contributed by atoms with E-state index >= 15 is 0 Å². The van der Waals surface area contributed by atoms with E-state index < -0.39 is 0 Å². The second-order valence-electron chi connectivity index (χ2n) is 6.71. The van der Waals surface area contributed by atoms with Gasteiger partial charge in [-0.25, -0.2) is 0 Å². The molecule has 0 saturated carbocycles. The van der Waals surface area contributed by atoms with Crippen LogP contribution in [0.5, 0.6) is 0 Å². The lowest BCUT2D eigenvalue weighted by Gasteiger charge is -2.20. The van der Waals surface area contributed by atoms with Crippen LogP contribution in [0, 0.1) is 6.92 Å². The summed E-state index contributed by atoms with van der Waals surface area (Å²) < 4.78 is 5.66. The molecule has 2 aromatic rings. The monoisotopic (exact) mass is 304 g/mol. The molecular weight excluding hydrogens is 280 g/mol. The second-order valence-corrected chi connectivity index (χ2v) is 7.72. The molecule has 2 rings (SSSR count). The summed E-state index contributed by atoms with van der Waals surface area (Å²) in [4.78, 5) is 1.28. The fourth-order valence-electron chi connectivity index (χ4n) is 1.92. The lowest BCUT2D eigenvalue weighted by Crippen LogP contribution is -2.11. The number of thioether (sulfide) groups is 1. The van der Waals surface area contributed by atoms with Gasteiger partial charge in [-0.3, -0.25) is 0 Å². The lowest BCUT2D eigenvalue weighted by molar-refractivity contribution is 0.445. The zero-order valence-corrected chi connectivity index (χ0v) is 14.5. The summed E-state index contributed by atoms with van der Waals surface area (Å²) in [7, 11) is 0. The predicted octanol–water partition coefficient (Wildman–Crippen LogP) is 5.09. The molecule has 0 aliphatic heterocycles. The van der Waals surface area contributed by atoms with Gasteiger partial charge >= 0.3 is 0 Å². The third-order valence-electron chi connectivity index (χ3n) is 3.38. The first-order chi connectivity index (χ1) is 9.77. The van der Waals surface area contributed by atoms with Gasteiger partial charge in [0.2, 0.25) is 11.8 Å². The Labute approximate surface area is 131 Å². The topological polar surface area (TPSA) is 38.9 Å². The Morgan fingerprint density at radius 3 is 2.48 bits per heavy atom. The average Bonchev–Trinajstić information content (AvgIpc) is 2.85. The normalized spacial score (nSPS) is 12.1. The molecule has 0 unspecified atom stereocenters. The minimum Gasteiger partial charge on any atom is -0.424 e. The summed E-state index contributed by atoms with van der Waals surface area (Å²) in [6, 6.07) is 6.68. The highest BCUT2D eigenvalue weighted by Crippen LogP contribution is 2.31. The minimum atomic E-state index is 0.165. The maximum atomic E-state index is 5.66. The molecule has 0 saturated heterocycles. The van der Waals surface area contributed by atoms with Crippen LogP contribution in [-0.2, 0) is 11.2 Å². The van der Waals surface area contributed by atoms with Crippen LogP contribution in [-0.4, -0.2) is 10.2 Å². The molecule has 0 radical (unpaired) electrons. The summed E-state index contributed by atoms with van der Waals surface area (Å²) in [5, 5.41) is 8.19. The Morgan fingerprint density at radius 1 is 1.19 bits per heavy atom.